The Hall–Kier alpha value is -2.42. The maximum atomic E-state index is 4.26. The number of rotatable bonds is 2. The third kappa shape index (κ3) is 1.95. The zero-order chi connectivity index (χ0) is 11.5. The van der Waals surface area contributed by atoms with E-state index in [2.05, 4.69) is 39.6 Å². The first-order chi connectivity index (χ1) is 8.43. The minimum atomic E-state index is 0.926. The Balaban J connectivity index is 2.06. The minimum Gasteiger partial charge on any atom is -0.277 e. The van der Waals surface area contributed by atoms with Gasteiger partial charge in [0.05, 0.1) is 5.69 Å². The largest absolute Gasteiger partial charge is 0.277 e. The van der Waals surface area contributed by atoms with Crippen molar-refractivity contribution < 1.29 is 0 Å². The van der Waals surface area contributed by atoms with Crippen molar-refractivity contribution in [3.63, 3.8) is 0 Å². The molecule has 81 valence electrons. The van der Waals surface area contributed by atoms with Gasteiger partial charge in [0.1, 0.15) is 6.20 Å². The lowest BCUT2D eigenvalue weighted by Gasteiger charge is -2.03. The molecular weight excluding hydrogens is 210 g/mol. The molecule has 3 nitrogen and oxygen atoms in total. The van der Waals surface area contributed by atoms with Gasteiger partial charge in [0.25, 0.3) is 0 Å². The molecule has 1 radical (unpaired) electrons. The van der Waals surface area contributed by atoms with E-state index in [-0.39, 0.29) is 0 Å². The molecule has 0 aliphatic rings. The Morgan fingerprint density at radius 2 is 1.76 bits per heavy atom. The number of benzene rings is 1. The van der Waals surface area contributed by atoms with Crippen LogP contribution in [-0.4, -0.2) is 15.2 Å². The summed E-state index contributed by atoms with van der Waals surface area (Å²) in [7, 11) is 0. The maximum absolute atomic E-state index is 4.26. The molecule has 0 saturated carbocycles. The summed E-state index contributed by atoms with van der Waals surface area (Å²) in [6.45, 7) is 0. The van der Waals surface area contributed by atoms with E-state index in [1.165, 1.54) is 0 Å². The fraction of sp³-hybridized carbons (Fsp3) is 0. The van der Waals surface area contributed by atoms with Crippen molar-refractivity contribution in [1.29, 1.82) is 0 Å². The number of aromatic amines is 1. The first-order valence-electron chi connectivity index (χ1n) is 5.36. The Morgan fingerprint density at radius 1 is 0.941 bits per heavy atom. The zero-order valence-electron chi connectivity index (χ0n) is 9.09. The van der Waals surface area contributed by atoms with Gasteiger partial charge in [0.2, 0.25) is 0 Å². The fourth-order valence-electron chi connectivity index (χ4n) is 1.75. The van der Waals surface area contributed by atoms with Crippen molar-refractivity contribution in [2.24, 2.45) is 0 Å². The van der Waals surface area contributed by atoms with E-state index < -0.39 is 0 Å². The van der Waals surface area contributed by atoms with E-state index in [0.717, 1.165) is 22.4 Å². The molecule has 3 heteroatoms. The highest BCUT2D eigenvalue weighted by molar-refractivity contribution is 5.69. The number of nitrogens with zero attached hydrogens (tertiary/aromatic N) is 2. The molecule has 1 N–H and O–H groups in total. The first-order valence-corrected chi connectivity index (χ1v) is 5.36. The average molecular weight is 220 g/mol. The van der Waals surface area contributed by atoms with Gasteiger partial charge >= 0.3 is 0 Å². The number of nitrogens with one attached hydrogen (secondary N) is 1. The Morgan fingerprint density at radius 3 is 2.53 bits per heavy atom. The summed E-state index contributed by atoms with van der Waals surface area (Å²) in [4.78, 5) is 4.26. The molecule has 0 aliphatic heterocycles. The van der Waals surface area contributed by atoms with Crippen molar-refractivity contribution in [1.82, 2.24) is 15.2 Å². The lowest BCUT2D eigenvalue weighted by atomic mass is 10.1. The Labute approximate surface area is 99.2 Å². The summed E-state index contributed by atoms with van der Waals surface area (Å²) < 4.78 is 0. The molecule has 0 aliphatic carbocycles. The van der Waals surface area contributed by atoms with Crippen LogP contribution < -0.4 is 0 Å². The van der Waals surface area contributed by atoms with Crippen LogP contribution in [0.3, 0.4) is 0 Å². The van der Waals surface area contributed by atoms with E-state index in [1.807, 2.05) is 36.7 Å². The van der Waals surface area contributed by atoms with Gasteiger partial charge in [0, 0.05) is 23.5 Å². The monoisotopic (exact) mass is 220 g/mol. The highest BCUT2D eigenvalue weighted by atomic mass is 15.1. The predicted molar refractivity (Wildman–Crippen MR) is 66.1 cm³/mol. The van der Waals surface area contributed by atoms with Gasteiger partial charge in [0.15, 0.2) is 0 Å². The minimum absolute atomic E-state index is 0.926. The van der Waals surface area contributed by atoms with Gasteiger partial charge in [-0.3, -0.25) is 10.1 Å². The maximum Gasteiger partial charge on any atom is 0.113 e. The van der Waals surface area contributed by atoms with E-state index in [0.29, 0.717) is 0 Å². The van der Waals surface area contributed by atoms with Crippen molar-refractivity contribution >= 4 is 0 Å². The van der Waals surface area contributed by atoms with E-state index in [1.54, 1.807) is 0 Å². The number of hydrogen-bond donors (Lipinski definition) is 1. The molecule has 2 aromatic heterocycles. The SMILES string of the molecule is [c]1cc(-c2cncc(-c3ccccc3)c2)[nH]n1. The summed E-state index contributed by atoms with van der Waals surface area (Å²) >= 11 is 0. The molecule has 17 heavy (non-hydrogen) atoms. The van der Waals surface area contributed by atoms with Crippen LogP contribution in [0.5, 0.6) is 0 Å². The summed E-state index contributed by atoms with van der Waals surface area (Å²) in [5.74, 6) is 0. The van der Waals surface area contributed by atoms with Crippen LogP contribution in [0.4, 0.5) is 0 Å². The van der Waals surface area contributed by atoms with Crippen LogP contribution in [0.1, 0.15) is 0 Å². The second-order valence-corrected chi connectivity index (χ2v) is 3.74. The van der Waals surface area contributed by atoms with Crippen molar-refractivity contribution in [3.8, 4) is 22.4 Å². The molecule has 0 amide bonds. The third-order valence-corrected chi connectivity index (χ3v) is 2.61. The highest BCUT2D eigenvalue weighted by Gasteiger charge is 2.02. The van der Waals surface area contributed by atoms with Crippen LogP contribution in [0, 0.1) is 6.20 Å². The normalized spacial score (nSPS) is 10.4. The fourth-order valence-corrected chi connectivity index (χ4v) is 1.75. The molecule has 0 fully saturated rings. The van der Waals surface area contributed by atoms with Crippen molar-refractivity contribution in [2.45, 2.75) is 0 Å². The Kier molecular flexibility index (Phi) is 2.43. The molecule has 0 unspecified atom stereocenters. The molecule has 1 aromatic carbocycles. The first kappa shape index (κ1) is 9.78. The van der Waals surface area contributed by atoms with Gasteiger partial charge in [-0.05, 0) is 17.7 Å². The molecule has 0 bridgehead atoms. The zero-order valence-corrected chi connectivity index (χ0v) is 9.09. The van der Waals surface area contributed by atoms with Crippen molar-refractivity contribution in [2.75, 3.05) is 0 Å². The molecule has 3 rings (SSSR count). The van der Waals surface area contributed by atoms with Gasteiger partial charge in [-0.1, -0.05) is 30.3 Å². The topological polar surface area (TPSA) is 41.6 Å². The molecular formula is C14H10N3. The summed E-state index contributed by atoms with van der Waals surface area (Å²) in [6, 6.07) is 14.1. The number of H-pyrrole nitrogens is 1. The molecule has 0 spiro atoms. The lowest BCUT2D eigenvalue weighted by molar-refractivity contribution is 1.09. The van der Waals surface area contributed by atoms with E-state index in [4.69, 9.17) is 0 Å². The van der Waals surface area contributed by atoms with Crippen LogP contribution in [-0.2, 0) is 0 Å². The van der Waals surface area contributed by atoms with Crippen LogP contribution >= 0.6 is 0 Å². The third-order valence-electron chi connectivity index (χ3n) is 2.61. The smallest absolute Gasteiger partial charge is 0.113 e. The standard InChI is InChI=1S/C14H10N3/c1-2-4-11(5-3-1)12-8-13(10-15-9-12)14-6-7-16-17-14/h1-6,8-10H,(H,16,17). The summed E-state index contributed by atoms with van der Waals surface area (Å²) in [5.41, 5.74) is 4.19. The lowest BCUT2D eigenvalue weighted by Crippen LogP contribution is -1.84. The summed E-state index contributed by atoms with van der Waals surface area (Å²) in [5, 5.41) is 6.71. The van der Waals surface area contributed by atoms with Gasteiger partial charge in [-0.2, -0.15) is 5.10 Å². The second-order valence-electron chi connectivity index (χ2n) is 3.74. The summed E-state index contributed by atoms with van der Waals surface area (Å²) in [6.07, 6.45) is 6.43. The molecule has 0 atom stereocenters. The average Bonchev–Trinajstić information content (AvgIpc) is 2.94. The Bertz CT molecular complexity index is 600. The van der Waals surface area contributed by atoms with Crippen LogP contribution in [0.2, 0.25) is 0 Å². The number of hydrogen-bond acceptors (Lipinski definition) is 2. The molecule has 3 aromatic rings. The van der Waals surface area contributed by atoms with Gasteiger partial charge < -0.3 is 0 Å². The van der Waals surface area contributed by atoms with Crippen LogP contribution in [0.25, 0.3) is 22.4 Å². The highest BCUT2D eigenvalue weighted by Crippen LogP contribution is 2.23. The van der Waals surface area contributed by atoms with Crippen molar-refractivity contribution in [3.05, 3.63) is 61.1 Å². The van der Waals surface area contributed by atoms with E-state index in [9.17, 15) is 0 Å². The molecule has 0 saturated heterocycles. The van der Waals surface area contributed by atoms with Gasteiger partial charge in [-0.25, -0.2) is 0 Å². The molecule has 2 heterocycles. The van der Waals surface area contributed by atoms with E-state index >= 15 is 0 Å². The van der Waals surface area contributed by atoms with Gasteiger partial charge in [-0.15, -0.1) is 0 Å². The predicted octanol–water partition coefficient (Wildman–Crippen LogP) is 2.94. The second kappa shape index (κ2) is 4.22. The number of pyridine rings is 1. The number of aromatic nitrogens is 3. The quantitative estimate of drug-likeness (QED) is 0.721. The van der Waals surface area contributed by atoms with Crippen LogP contribution in [0.15, 0.2) is 54.9 Å².